The average molecular weight is 528 g/mol. The Morgan fingerprint density at radius 1 is 0.568 bits per heavy atom. The molecule has 0 unspecified atom stereocenters. The average Bonchev–Trinajstić information content (AvgIpc) is 2.90. The van der Waals surface area contributed by atoms with Crippen molar-refractivity contribution in [3.05, 3.63) is 0 Å². The lowest BCUT2D eigenvalue weighted by atomic mass is 10.1. The fourth-order valence-corrected chi connectivity index (χ4v) is 4.47. The predicted octanol–water partition coefficient (Wildman–Crippen LogP) is 5.76. The number of nitrogens with zero attached hydrogens (tertiary/aromatic N) is 3. The minimum atomic E-state index is -0.149. The zero-order valence-corrected chi connectivity index (χ0v) is 25.2. The van der Waals surface area contributed by atoms with E-state index in [0.29, 0.717) is 19.4 Å². The van der Waals surface area contributed by atoms with Crippen molar-refractivity contribution < 1.29 is 19.1 Å². The summed E-state index contributed by atoms with van der Waals surface area (Å²) in [6.07, 6.45) is 17.5. The second-order valence-electron chi connectivity index (χ2n) is 10.6. The standard InChI is InChI=1S/C30H61N3O4/c1-6-8-9-10-11-12-13-14-15-16-17-28-37-30(35)21-27-32(4)23-19-25-33(7-2)24-18-22-31(3)26-20-29(34)36-5/h6-28H2,1-5H3. The molecule has 0 bridgehead atoms. The highest BCUT2D eigenvalue weighted by molar-refractivity contribution is 5.69. The lowest BCUT2D eigenvalue weighted by molar-refractivity contribution is -0.144. The minimum absolute atomic E-state index is 0.0644. The molecule has 0 aromatic carbocycles. The van der Waals surface area contributed by atoms with Crippen LogP contribution in [0.15, 0.2) is 0 Å². The molecule has 0 aliphatic rings. The van der Waals surface area contributed by atoms with Crippen molar-refractivity contribution in [2.24, 2.45) is 0 Å². The molecule has 0 aromatic rings. The van der Waals surface area contributed by atoms with Crippen LogP contribution < -0.4 is 0 Å². The number of hydrogen-bond donors (Lipinski definition) is 0. The first kappa shape index (κ1) is 35.8. The van der Waals surface area contributed by atoms with Gasteiger partial charge in [-0.15, -0.1) is 0 Å². The zero-order chi connectivity index (χ0) is 27.6. The van der Waals surface area contributed by atoms with Crippen molar-refractivity contribution in [3.8, 4) is 0 Å². The molecule has 0 amide bonds. The molecule has 0 saturated heterocycles. The Morgan fingerprint density at radius 2 is 1.03 bits per heavy atom. The van der Waals surface area contributed by atoms with Gasteiger partial charge in [-0.1, -0.05) is 78.1 Å². The molecule has 0 N–H and O–H groups in total. The summed E-state index contributed by atoms with van der Waals surface area (Å²) in [6, 6.07) is 0. The van der Waals surface area contributed by atoms with Gasteiger partial charge in [0.1, 0.15) is 0 Å². The Hall–Kier alpha value is -1.18. The second-order valence-corrected chi connectivity index (χ2v) is 10.6. The molecule has 220 valence electrons. The van der Waals surface area contributed by atoms with Crippen molar-refractivity contribution in [1.82, 2.24) is 14.7 Å². The molecule has 0 saturated carbocycles. The molecule has 0 spiro atoms. The first-order valence-electron chi connectivity index (χ1n) is 15.2. The maximum atomic E-state index is 12.0. The molecular formula is C30H61N3O4. The summed E-state index contributed by atoms with van der Waals surface area (Å²) >= 11 is 0. The number of ether oxygens (including phenoxy) is 2. The molecule has 7 nitrogen and oxygen atoms in total. The number of carbonyl (C=O) groups is 2. The van der Waals surface area contributed by atoms with Crippen molar-refractivity contribution >= 4 is 11.9 Å². The van der Waals surface area contributed by atoms with Crippen LogP contribution in [0.5, 0.6) is 0 Å². The van der Waals surface area contributed by atoms with Crippen molar-refractivity contribution in [3.63, 3.8) is 0 Å². The van der Waals surface area contributed by atoms with Crippen LogP contribution in [0.3, 0.4) is 0 Å². The fourth-order valence-electron chi connectivity index (χ4n) is 4.47. The van der Waals surface area contributed by atoms with Gasteiger partial charge >= 0.3 is 11.9 Å². The summed E-state index contributed by atoms with van der Waals surface area (Å²) in [5.74, 6) is -0.214. The molecule has 0 aliphatic heterocycles. The number of unbranched alkanes of at least 4 members (excludes halogenated alkanes) is 10. The van der Waals surface area contributed by atoms with Crippen LogP contribution in [0, 0.1) is 0 Å². The van der Waals surface area contributed by atoms with Crippen LogP contribution in [0.1, 0.15) is 110 Å². The summed E-state index contributed by atoms with van der Waals surface area (Å²) in [7, 11) is 5.58. The molecular weight excluding hydrogens is 466 g/mol. The number of methoxy groups -OCH3 is 1. The van der Waals surface area contributed by atoms with Gasteiger partial charge in [0.15, 0.2) is 0 Å². The summed E-state index contributed by atoms with van der Waals surface area (Å²) in [6.45, 7) is 11.7. The lowest BCUT2D eigenvalue weighted by Gasteiger charge is -2.24. The third-order valence-electron chi connectivity index (χ3n) is 7.11. The van der Waals surface area contributed by atoms with Crippen molar-refractivity contribution in [1.29, 1.82) is 0 Å². The summed E-state index contributed by atoms with van der Waals surface area (Å²) < 4.78 is 10.1. The highest BCUT2D eigenvalue weighted by atomic mass is 16.5. The molecule has 37 heavy (non-hydrogen) atoms. The molecule has 0 atom stereocenters. The smallest absolute Gasteiger partial charge is 0.307 e. The van der Waals surface area contributed by atoms with Gasteiger partial charge in [-0.2, -0.15) is 0 Å². The number of carbonyl (C=O) groups excluding carboxylic acids is 2. The van der Waals surface area contributed by atoms with Crippen LogP contribution in [0.25, 0.3) is 0 Å². The fraction of sp³-hybridized carbons (Fsp3) is 0.933. The van der Waals surface area contributed by atoms with Gasteiger partial charge < -0.3 is 24.2 Å². The Kier molecular flexibility index (Phi) is 25.6. The van der Waals surface area contributed by atoms with Crippen LogP contribution in [0.2, 0.25) is 0 Å². The molecule has 0 rings (SSSR count). The molecule has 0 fully saturated rings. The van der Waals surface area contributed by atoms with Gasteiger partial charge in [-0.05, 0) is 66.1 Å². The molecule has 7 heteroatoms. The summed E-state index contributed by atoms with van der Waals surface area (Å²) in [5, 5.41) is 0. The predicted molar refractivity (Wildman–Crippen MR) is 155 cm³/mol. The number of esters is 2. The van der Waals surface area contributed by atoms with E-state index in [1.807, 2.05) is 0 Å². The third-order valence-corrected chi connectivity index (χ3v) is 7.11. The number of rotatable bonds is 27. The lowest BCUT2D eigenvalue weighted by Crippen LogP contribution is -2.32. The Morgan fingerprint density at radius 3 is 1.49 bits per heavy atom. The normalized spacial score (nSPS) is 11.6. The van der Waals surface area contributed by atoms with Gasteiger partial charge in [-0.3, -0.25) is 9.59 Å². The summed E-state index contributed by atoms with van der Waals surface area (Å²) in [5.41, 5.74) is 0. The largest absolute Gasteiger partial charge is 0.469 e. The van der Waals surface area contributed by atoms with Crippen molar-refractivity contribution in [2.75, 3.05) is 73.6 Å². The SMILES string of the molecule is CCCCCCCCCCCCCOC(=O)CCN(C)CCCN(CC)CCCN(C)CCC(=O)OC. The molecule has 0 radical (unpaired) electrons. The molecule has 0 heterocycles. The monoisotopic (exact) mass is 527 g/mol. The van der Waals surface area contributed by atoms with Gasteiger partial charge in [0, 0.05) is 13.1 Å². The quantitative estimate of drug-likeness (QED) is 0.0994. The third kappa shape index (κ3) is 24.9. The number of hydrogen-bond acceptors (Lipinski definition) is 7. The van der Waals surface area contributed by atoms with Crippen LogP contribution in [0.4, 0.5) is 0 Å². The van der Waals surface area contributed by atoms with Gasteiger partial charge in [0.25, 0.3) is 0 Å². The Balaban J connectivity index is 3.63. The van der Waals surface area contributed by atoms with E-state index in [2.05, 4.69) is 42.6 Å². The van der Waals surface area contributed by atoms with E-state index in [4.69, 9.17) is 9.47 Å². The second kappa shape index (κ2) is 26.4. The van der Waals surface area contributed by atoms with Gasteiger partial charge in [0.2, 0.25) is 0 Å². The maximum Gasteiger partial charge on any atom is 0.307 e. The molecule has 0 aromatic heterocycles. The molecule has 0 aliphatic carbocycles. The van der Waals surface area contributed by atoms with E-state index in [9.17, 15) is 9.59 Å². The van der Waals surface area contributed by atoms with Crippen LogP contribution >= 0.6 is 0 Å². The van der Waals surface area contributed by atoms with E-state index < -0.39 is 0 Å². The van der Waals surface area contributed by atoms with Crippen LogP contribution in [-0.2, 0) is 19.1 Å². The Bertz CT molecular complexity index is 533. The van der Waals surface area contributed by atoms with E-state index in [0.717, 1.165) is 65.1 Å². The highest BCUT2D eigenvalue weighted by Gasteiger charge is 2.09. The van der Waals surface area contributed by atoms with Gasteiger partial charge in [0.05, 0.1) is 26.6 Å². The zero-order valence-electron chi connectivity index (χ0n) is 25.2. The highest BCUT2D eigenvalue weighted by Crippen LogP contribution is 2.11. The summed E-state index contributed by atoms with van der Waals surface area (Å²) in [4.78, 5) is 30.2. The topological polar surface area (TPSA) is 62.3 Å². The van der Waals surface area contributed by atoms with E-state index >= 15 is 0 Å². The first-order valence-corrected chi connectivity index (χ1v) is 15.2. The minimum Gasteiger partial charge on any atom is -0.469 e. The van der Waals surface area contributed by atoms with E-state index in [1.54, 1.807) is 0 Å². The van der Waals surface area contributed by atoms with Crippen molar-refractivity contribution in [2.45, 2.75) is 110 Å². The van der Waals surface area contributed by atoms with E-state index in [1.165, 1.54) is 71.3 Å². The van der Waals surface area contributed by atoms with E-state index in [-0.39, 0.29) is 11.9 Å². The van der Waals surface area contributed by atoms with Crippen LogP contribution in [-0.4, -0.2) is 100 Å². The Labute approximate surface area is 229 Å². The van der Waals surface area contributed by atoms with Gasteiger partial charge in [-0.25, -0.2) is 0 Å². The maximum absolute atomic E-state index is 12.0. The first-order chi connectivity index (χ1) is 17.9.